The van der Waals surface area contributed by atoms with E-state index in [1.165, 1.54) is 11.3 Å². The number of hydrogen-bond donors (Lipinski definition) is 2. The first-order chi connectivity index (χ1) is 10.9. The van der Waals surface area contributed by atoms with Crippen LogP contribution in [-0.4, -0.2) is 29.6 Å². The highest BCUT2D eigenvalue weighted by molar-refractivity contribution is 7.17. The number of amides is 1. The number of ether oxygens (including phenoxy) is 1. The minimum Gasteiger partial charge on any atom is -0.478 e. The van der Waals surface area contributed by atoms with Crippen LogP contribution in [0.25, 0.3) is 0 Å². The molecule has 1 aromatic rings. The van der Waals surface area contributed by atoms with Gasteiger partial charge in [0.15, 0.2) is 0 Å². The van der Waals surface area contributed by atoms with Gasteiger partial charge in [0, 0.05) is 17.0 Å². The van der Waals surface area contributed by atoms with Crippen molar-refractivity contribution in [2.24, 2.45) is 0 Å². The van der Waals surface area contributed by atoms with Crippen molar-refractivity contribution < 1.29 is 24.2 Å². The Bertz CT molecular complexity index is 662. The number of nitrogens with one attached hydrogen (secondary N) is 1. The van der Waals surface area contributed by atoms with Crippen molar-refractivity contribution in [2.75, 3.05) is 11.9 Å². The number of anilines is 1. The number of aryl methyl sites for hydroxylation is 1. The number of rotatable bonds is 5. The van der Waals surface area contributed by atoms with Crippen molar-refractivity contribution in [3.05, 3.63) is 28.2 Å². The second-order valence-electron chi connectivity index (χ2n) is 5.32. The predicted molar refractivity (Wildman–Crippen MR) is 87.0 cm³/mol. The fraction of sp³-hybridized carbons (Fsp3) is 0.438. The van der Waals surface area contributed by atoms with Gasteiger partial charge in [-0.15, -0.1) is 11.3 Å². The van der Waals surface area contributed by atoms with Crippen LogP contribution < -0.4 is 5.32 Å². The van der Waals surface area contributed by atoms with E-state index in [1.807, 2.05) is 0 Å². The Hall–Kier alpha value is -2.15. The molecule has 1 aliphatic rings. The molecule has 2 N–H and O–H groups in total. The number of carbonyl (C=O) groups excluding carboxylic acids is 2. The van der Waals surface area contributed by atoms with Crippen molar-refractivity contribution in [3.8, 4) is 0 Å². The normalized spacial score (nSPS) is 16.9. The Labute approximate surface area is 138 Å². The lowest BCUT2D eigenvalue weighted by Crippen LogP contribution is -2.15. The third-order valence-corrected chi connectivity index (χ3v) is 4.83. The molecule has 0 fully saturated rings. The van der Waals surface area contributed by atoms with Gasteiger partial charge in [0.05, 0.1) is 12.2 Å². The molecule has 0 saturated heterocycles. The second kappa shape index (κ2) is 7.41. The first-order valence-electron chi connectivity index (χ1n) is 7.48. The monoisotopic (exact) mass is 337 g/mol. The van der Waals surface area contributed by atoms with Crippen molar-refractivity contribution in [1.29, 1.82) is 0 Å². The van der Waals surface area contributed by atoms with Gasteiger partial charge in [0.25, 0.3) is 0 Å². The number of thiophene rings is 1. The molecule has 0 spiro atoms. The number of hydrogen-bond acceptors (Lipinski definition) is 5. The SMILES string of the molecule is CCOC(=O)c1c(NC(=O)C=CC(=O)O)sc2c1[C@H](C)CCC2. The van der Waals surface area contributed by atoms with E-state index in [1.54, 1.807) is 6.92 Å². The molecule has 0 radical (unpaired) electrons. The third-order valence-electron chi connectivity index (χ3n) is 3.65. The lowest BCUT2D eigenvalue weighted by atomic mass is 9.86. The molecule has 0 saturated carbocycles. The van der Waals surface area contributed by atoms with Crippen LogP contribution in [0.5, 0.6) is 0 Å². The van der Waals surface area contributed by atoms with Crippen LogP contribution in [0.4, 0.5) is 5.00 Å². The molecule has 1 aliphatic carbocycles. The molecule has 23 heavy (non-hydrogen) atoms. The van der Waals surface area contributed by atoms with Crippen molar-refractivity contribution in [2.45, 2.75) is 39.0 Å². The summed E-state index contributed by atoms with van der Waals surface area (Å²) in [4.78, 5) is 35.7. The topological polar surface area (TPSA) is 92.7 Å². The Balaban J connectivity index is 2.36. The maximum absolute atomic E-state index is 12.3. The van der Waals surface area contributed by atoms with Gasteiger partial charge in [0.1, 0.15) is 5.00 Å². The van der Waals surface area contributed by atoms with E-state index in [2.05, 4.69) is 12.2 Å². The standard InChI is InChI=1S/C16H19NO5S/c1-3-22-16(21)14-13-9(2)5-4-6-10(13)23-15(14)17-11(18)7-8-12(19)20/h7-9H,3-6H2,1-2H3,(H,17,18)(H,19,20)/t9-/m1/s1. The van der Waals surface area contributed by atoms with E-state index in [9.17, 15) is 14.4 Å². The van der Waals surface area contributed by atoms with Crippen molar-refractivity contribution >= 4 is 34.2 Å². The molecule has 0 unspecified atom stereocenters. The Kier molecular flexibility index (Phi) is 5.54. The molecule has 2 rings (SSSR count). The number of esters is 1. The Morgan fingerprint density at radius 1 is 1.39 bits per heavy atom. The number of carboxylic acids is 1. The Morgan fingerprint density at radius 3 is 2.78 bits per heavy atom. The first-order valence-corrected chi connectivity index (χ1v) is 8.30. The van der Waals surface area contributed by atoms with Crippen LogP contribution in [0, 0.1) is 0 Å². The van der Waals surface area contributed by atoms with E-state index in [0.29, 0.717) is 10.6 Å². The van der Waals surface area contributed by atoms with Crippen LogP contribution in [0.15, 0.2) is 12.2 Å². The van der Waals surface area contributed by atoms with Crippen LogP contribution in [0.3, 0.4) is 0 Å². The molecule has 1 aromatic heterocycles. The van der Waals surface area contributed by atoms with Gasteiger partial charge in [-0.1, -0.05) is 6.92 Å². The smallest absolute Gasteiger partial charge is 0.341 e. The third kappa shape index (κ3) is 3.98. The average molecular weight is 337 g/mol. The summed E-state index contributed by atoms with van der Waals surface area (Å²) >= 11 is 1.37. The molecule has 1 amide bonds. The minimum atomic E-state index is -1.20. The molecular weight excluding hydrogens is 318 g/mol. The highest BCUT2D eigenvalue weighted by Gasteiger charge is 2.30. The summed E-state index contributed by atoms with van der Waals surface area (Å²) in [5.41, 5.74) is 1.37. The number of aliphatic carboxylic acids is 1. The largest absolute Gasteiger partial charge is 0.478 e. The van der Waals surface area contributed by atoms with Crippen molar-refractivity contribution in [3.63, 3.8) is 0 Å². The van der Waals surface area contributed by atoms with Crippen LogP contribution in [0.1, 0.15) is 53.4 Å². The molecule has 1 atom stereocenters. The van der Waals surface area contributed by atoms with E-state index < -0.39 is 17.8 Å². The zero-order valence-corrected chi connectivity index (χ0v) is 13.9. The molecular formula is C16H19NO5S. The van der Waals surface area contributed by atoms with Crippen LogP contribution in [-0.2, 0) is 20.7 Å². The van der Waals surface area contributed by atoms with Gasteiger partial charge >= 0.3 is 11.9 Å². The fourth-order valence-corrected chi connectivity index (χ4v) is 4.06. The molecule has 0 aromatic carbocycles. The summed E-state index contributed by atoms with van der Waals surface area (Å²) < 4.78 is 5.13. The van der Waals surface area contributed by atoms with E-state index in [-0.39, 0.29) is 12.5 Å². The zero-order valence-electron chi connectivity index (χ0n) is 13.0. The number of fused-ring (bicyclic) bond motifs is 1. The molecule has 124 valence electrons. The first kappa shape index (κ1) is 17.2. The van der Waals surface area contributed by atoms with Crippen LogP contribution in [0.2, 0.25) is 0 Å². The lowest BCUT2D eigenvalue weighted by molar-refractivity contribution is -0.131. The molecule has 0 aliphatic heterocycles. The van der Waals surface area contributed by atoms with Gasteiger partial charge in [-0.3, -0.25) is 4.79 Å². The van der Waals surface area contributed by atoms with Gasteiger partial charge in [-0.2, -0.15) is 0 Å². The lowest BCUT2D eigenvalue weighted by Gasteiger charge is -2.19. The summed E-state index contributed by atoms with van der Waals surface area (Å²) in [6.07, 6.45) is 4.60. The summed E-state index contributed by atoms with van der Waals surface area (Å²) in [6.45, 7) is 4.04. The summed E-state index contributed by atoms with van der Waals surface area (Å²) in [5, 5.41) is 11.6. The van der Waals surface area contributed by atoms with Crippen LogP contribution >= 0.6 is 11.3 Å². The Morgan fingerprint density at radius 2 is 2.13 bits per heavy atom. The van der Waals surface area contributed by atoms with E-state index in [0.717, 1.165) is 41.9 Å². The number of carbonyl (C=O) groups is 3. The summed E-state index contributed by atoms with van der Waals surface area (Å²) in [5.74, 6) is -2.00. The molecule has 7 heteroatoms. The highest BCUT2D eigenvalue weighted by Crippen LogP contribution is 2.43. The van der Waals surface area contributed by atoms with Gasteiger partial charge in [-0.05, 0) is 37.7 Å². The van der Waals surface area contributed by atoms with Gasteiger partial charge in [-0.25, -0.2) is 9.59 Å². The summed E-state index contributed by atoms with van der Waals surface area (Å²) in [6, 6.07) is 0. The van der Waals surface area contributed by atoms with Crippen molar-refractivity contribution in [1.82, 2.24) is 0 Å². The molecule has 1 heterocycles. The molecule has 6 nitrogen and oxygen atoms in total. The van der Waals surface area contributed by atoms with Gasteiger partial charge in [0.2, 0.25) is 5.91 Å². The van der Waals surface area contributed by atoms with E-state index in [4.69, 9.17) is 9.84 Å². The maximum atomic E-state index is 12.3. The predicted octanol–water partition coefficient (Wildman–Crippen LogP) is 2.94. The zero-order chi connectivity index (χ0) is 17.0. The minimum absolute atomic E-state index is 0.231. The second-order valence-corrected chi connectivity index (χ2v) is 6.42. The van der Waals surface area contributed by atoms with Gasteiger partial charge < -0.3 is 15.2 Å². The fourth-order valence-electron chi connectivity index (χ4n) is 2.71. The molecule has 0 bridgehead atoms. The average Bonchev–Trinajstić information content (AvgIpc) is 2.84. The highest BCUT2D eigenvalue weighted by atomic mass is 32.1. The quantitative estimate of drug-likeness (QED) is 0.636. The number of carboxylic acid groups (broad SMARTS) is 1. The summed E-state index contributed by atoms with van der Waals surface area (Å²) in [7, 11) is 0. The maximum Gasteiger partial charge on any atom is 0.341 e. The van der Waals surface area contributed by atoms with E-state index >= 15 is 0 Å².